The first kappa shape index (κ1) is 16.6. The van der Waals surface area contributed by atoms with Crippen LogP contribution in [0.15, 0.2) is 28.6 Å². The lowest BCUT2D eigenvalue weighted by Crippen LogP contribution is -2.46. The Morgan fingerprint density at radius 2 is 2.24 bits per heavy atom. The van der Waals surface area contributed by atoms with Gasteiger partial charge >= 0.3 is 0 Å². The zero-order valence-electron chi connectivity index (χ0n) is 11.7. The summed E-state index contributed by atoms with van der Waals surface area (Å²) in [6, 6.07) is 5.40. The maximum Gasteiger partial charge on any atom is 0.243 e. The van der Waals surface area contributed by atoms with Crippen molar-refractivity contribution in [2.24, 2.45) is 0 Å². The topological polar surface area (TPSA) is 62.3 Å². The molecule has 1 saturated heterocycles. The molecule has 1 aromatic heterocycles. The number of aromatic nitrogens is 1. The highest BCUT2D eigenvalue weighted by Crippen LogP contribution is 2.25. The van der Waals surface area contributed by atoms with Crippen molar-refractivity contribution in [3.05, 3.63) is 23.7 Å². The summed E-state index contributed by atoms with van der Waals surface area (Å²) >= 11 is 1.46. The molecule has 0 aliphatic carbocycles. The van der Waals surface area contributed by atoms with E-state index < -0.39 is 10.0 Å². The van der Waals surface area contributed by atoms with Crippen LogP contribution in [0.4, 0.5) is 0 Å². The van der Waals surface area contributed by atoms with Crippen molar-refractivity contribution < 1.29 is 8.42 Å². The van der Waals surface area contributed by atoms with Gasteiger partial charge in [0.15, 0.2) is 0 Å². The minimum absolute atomic E-state index is 0. The van der Waals surface area contributed by atoms with Gasteiger partial charge in [0.1, 0.15) is 0 Å². The number of piperidine rings is 1. The summed E-state index contributed by atoms with van der Waals surface area (Å²) < 4.78 is 27.9. The Bertz CT molecular complexity index is 717. The highest BCUT2D eigenvalue weighted by atomic mass is 35.5. The number of nitrogens with one attached hydrogen (secondary N) is 1. The van der Waals surface area contributed by atoms with Crippen LogP contribution in [-0.4, -0.2) is 43.9 Å². The molecular formula is C13H18ClN3O2S2. The average molecular weight is 348 g/mol. The molecule has 21 heavy (non-hydrogen) atoms. The maximum absolute atomic E-state index is 12.7. The molecule has 0 amide bonds. The summed E-state index contributed by atoms with van der Waals surface area (Å²) in [5.74, 6) is 0. The van der Waals surface area contributed by atoms with Crippen molar-refractivity contribution in [2.45, 2.75) is 23.8 Å². The van der Waals surface area contributed by atoms with Crippen molar-refractivity contribution >= 4 is 44.0 Å². The number of nitrogens with zero attached hydrogens (tertiary/aromatic N) is 2. The molecule has 8 heteroatoms. The lowest BCUT2D eigenvalue weighted by molar-refractivity contribution is 0.293. The minimum Gasteiger partial charge on any atom is -0.316 e. The smallest absolute Gasteiger partial charge is 0.243 e. The molecular weight excluding hydrogens is 330 g/mol. The lowest BCUT2D eigenvalue weighted by Gasteiger charge is -2.31. The van der Waals surface area contributed by atoms with E-state index in [9.17, 15) is 8.42 Å². The fourth-order valence-corrected chi connectivity index (χ4v) is 4.88. The van der Waals surface area contributed by atoms with Gasteiger partial charge in [0.25, 0.3) is 0 Å². The Hall–Kier alpha value is -0.730. The van der Waals surface area contributed by atoms with Gasteiger partial charge in [-0.15, -0.1) is 23.7 Å². The average Bonchev–Trinajstić information content (AvgIpc) is 2.94. The monoisotopic (exact) mass is 347 g/mol. The number of hydrogen-bond donors (Lipinski definition) is 1. The fourth-order valence-electron chi connectivity index (χ4n) is 2.54. The molecule has 1 N–H and O–H groups in total. The molecule has 1 unspecified atom stereocenters. The second-order valence-electron chi connectivity index (χ2n) is 4.97. The van der Waals surface area contributed by atoms with Gasteiger partial charge in [0.2, 0.25) is 10.0 Å². The van der Waals surface area contributed by atoms with Gasteiger partial charge in [-0.05, 0) is 38.1 Å². The third kappa shape index (κ3) is 3.22. The highest BCUT2D eigenvalue weighted by Gasteiger charge is 2.29. The maximum atomic E-state index is 12.7. The summed E-state index contributed by atoms with van der Waals surface area (Å²) in [5.41, 5.74) is 2.58. The number of hydrogen-bond acceptors (Lipinski definition) is 5. The number of halogens is 1. The molecule has 1 aliphatic heterocycles. The molecule has 1 aliphatic rings. The number of rotatable bonds is 3. The molecule has 1 atom stereocenters. The van der Waals surface area contributed by atoms with Crippen LogP contribution in [0.25, 0.3) is 10.2 Å². The number of likely N-dealkylation sites (N-methyl/N-ethyl adjacent to an activating group) is 1. The van der Waals surface area contributed by atoms with Crippen molar-refractivity contribution in [2.75, 3.05) is 20.1 Å². The molecule has 0 saturated carbocycles. The van der Waals surface area contributed by atoms with E-state index in [-0.39, 0.29) is 18.4 Å². The SMILES string of the molecule is CNC1CCCN(S(=O)(=O)c2ccc3ncsc3c2)C1.Cl. The molecule has 0 spiro atoms. The van der Waals surface area contributed by atoms with Crippen molar-refractivity contribution in [3.8, 4) is 0 Å². The third-order valence-electron chi connectivity index (χ3n) is 3.73. The van der Waals surface area contributed by atoms with E-state index >= 15 is 0 Å². The van der Waals surface area contributed by atoms with Gasteiger partial charge in [0, 0.05) is 19.1 Å². The summed E-state index contributed by atoms with van der Waals surface area (Å²) in [7, 11) is -1.52. The van der Waals surface area contributed by atoms with Crippen LogP contribution in [0.5, 0.6) is 0 Å². The van der Waals surface area contributed by atoms with Crippen LogP contribution in [0.1, 0.15) is 12.8 Å². The number of benzene rings is 1. The summed E-state index contributed by atoms with van der Waals surface area (Å²) in [6.07, 6.45) is 1.92. The third-order valence-corrected chi connectivity index (χ3v) is 6.39. The van der Waals surface area contributed by atoms with E-state index in [0.29, 0.717) is 18.0 Å². The van der Waals surface area contributed by atoms with E-state index in [2.05, 4.69) is 10.3 Å². The first-order valence-electron chi connectivity index (χ1n) is 6.62. The molecule has 2 aromatic rings. The summed E-state index contributed by atoms with van der Waals surface area (Å²) in [6.45, 7) is 1.14. The minimum atomic E-state index is -3.40. The van der Waals surface area contributed by atoms with Crippen LogP contribution >= 0.6 is 23.7 Å². The van der Waals surface area contributed by atoms with Crippen molar-refractivity contribution in [1.29, 1.82) is 0 Å². The quantitative estimate of drug-likeness (QED) is 0.923. The van der Waals surface area contributed by atoms with E-state index in [4.69, 9.17) is 0 Å². The molecule has 5 nitrogen and oxygen atoms in total. The highest BCUT2D eigenvalue weighted by molar-refractivity contribution is 7.89. The molecule has 1 aromatic carbocycles. The van der Waals surface area contributed by atoms with E-state index in [1.807, 2.05) is 7.05 Å². The normalized spacial score (nSPS) is 20.3. The first-order chi connectivity index (χ1) is 9.61. The largest absolute Gasteiger partial charge is 0.316 e. The predicted molar refractivity (Wildman–Crippen MR) is 87.7 cm³/mol. The van der Waals surface area contributed by atoms with Gasteiger partial charge in [-0.1, -0.05) is 0 Å². The van der Waals surface area contributed by atoms with Gasteiger partial charge < -0.3 is 5.32 Å². The molecule has 2 heterocycles. The van der Waals surface area contributed by atoms with Gasteiger partial charge in [-0.3, -0.25) is 0 Å². The summed E-state index contributed by atoms with van der Waals surface area (Å²) in [5, 5.41) is 3.17. The zero-order chi connectivity index (χ0) is 14.2. The van der Waals surface area contributed by atoms with E-state index in [1.54, 1.807) is 28.0 Å². The second kappa shape index (κ2) is 6.58. The standard InChI is InChI=1S/C13H17N3O2S2.ClH/c1-14-10-3-2-6-16(8-10)20(17,18)11-4-5-12-13(7-11)19-9-15-12;/h4-5,7,9-10,14H,2-3,6,8H2,1H3;1H. The van der Waals surface area contributed by atoms with Gasteiger partial charge in [0.05, 0.1) is 20.6 Å². The molecule has 3 rings (SSSR count). The lowest BCUT2D eigenvalue weighted by atomic mass is 10.1. The van der Waals surface area contributed by atoms with E-state index in [0.717, 1.165) is 23.1 Å². The molecule has 0 bridgehead atoms. The molecule has 116 valence electrons. The van der Waals surface area contributed by atoms with Crippen LogP contribution in [-0.2, 0) is 10.0 Å². The first-order valence-corrected chi connectivity index (χ1v) is 8.94. The van der Waals surface area contributed by atoms with E-state index in [1.165, 1.54) is 11.3 Å². The molecule has 1 fully saturated rings. The Balaban J connectivity index is 0.00000161. The van der Waals surface area contributed by atoms with Crippen LogP contribution < -0.4 is 5.32 Å². The van der Waals surface area contributed by atoms with Crippen molar-refractivity contribution in [3.63, 3.8) is 0 Å². The van der Waals surface area contributed by atoms with Crippen LogP contribution in [0, 0.1) is 0 Å². The molecule has 0 radical (unpaired) electrons. The Morgan fingerprint density at radius 3 is 3.00 bits per heavy atom. The van der Waals surface area contributed by atoms with Crippen LogP contribution in [0.3, 0.4) is 0 Å². The zero-order valence-corrected chi connectivity index (χ0v) is 14.1. The number of thiazole rings is 1. The number of sulfonamides is 1. The Morgan fingerprint density at radius 1 is 1.43 bits per heavy atom. The Labute approximate surface area is 134 Å². The summed E-state index contributed by atoms with van der Waals surface area (Å²) in [4.78, 5) is 4.55. The number of fused-ring (bicyclic) bond motifs is 1. The fraction of sp³-hybridized carbons (Fsp3) is 0.462. The Kier molecular flexibility index (Phi) is 5.21. The van der Waals surface area contributed by atoms with Gasteiger partial charge in [-0.2, -0.15) is 4.31 Å². The second-order valence-corrected chi connectivity index (χ2v) is 7.80. The van der Waals surface area contributed by atoms with Gasteiger partial charge in [-0.25, -0.2) is 13.4 Å². The predicted octanol–water partition coefficient (Wildman–Crippen LogP) is 2.09. The van der Waals surface area contributed by atoms with Crippen LogP contribution in [0.2, 0.25) is 0 Å². The van der Waals surface area contributed by atoms with Crippen molar-refractivity contribution in [1.82, 2.24) is 14.6 Å².